The van der Waals surface area contributed by atoms with Crippen LogP contribution in [-0.2, 0) is 27.6 Å². The van der Waals surface area contributed by atoms with Gasteiger partial charge >= 0.3 is 0 Å². The van der Waals surface area contributed by atoms with Crippen molar-refractivity contribution < 1.29 is 13.2 Å². The highest BCUT2D eigenvalue weighted by Gasteiger charge is 2.36. The van der Waals surface area contributed by atoms with Crippen LogP contribution in [0.2, 0.25) is 0 Å². The van der Waals surface area contributed by atoms with Gasteiger partial charge in [0.25, 0.3) is 0 Å². The summed E-state index contributed by atoms with van der Waals surface area (Å²) in [6.07, 6.45) is 1.44. The fourth-order valence-corrected chi connectivity index (χ4v) is 5.78. The molecule has 4 rings (SSSR count). The van der Waals surface area contributed by atoms with E-state index < -0.39 is 9.84 Å². The SMILES string of the molecule is O=C(CN1CCc2ccccc2C1)N(c1ccccc1)C1CCS(=O)(=O)C1. The van der Waals surface area contributed by atoms with Gasteiger partial charge in [-0.15, -0.1) is 0 Å². The molecular weight excluding hydrogens is 360 g/mol. The van der Waals surface area contributed by atoms with E-state index in [2.05, 4.69) is 23.1 Å². The standard InChI is InChI=1S/C21H24N2O3S/c24-21(15-22-12-10-17-6-4-5-7-18(17)14-22)23(19-8-2-1-3-9-19)20-11-13-27(25,26)16-20/h1-9,20H,10-16H2. The molecule has 1 saturated heterocycles. The minimum Gasteiger partial charge on any atom is -0.307 e. The summed E-state index contributed by atoms with van der Waals surface area (Å²) in [5.41, 5.74) is 3.40. The normalized spacial score (nSPS) is 21.6. The number of benzene rings is 2. The van der Waals surface area contributed by atoms with Gasteiger partial charge in [-0.3, -0.25) is 9.69 Å². The zero-order valence-electron chi connectivity index (χ0n) is 15.3. The van der Waals surface area contributed by atoms with Crippen LogP contribution in [0.3, 0.4) is 0 Å². The molecule has 1 unspecified atom stereocenters. The van der Waals surface area contributed by atoms with Crippen molar-refractivity contribution in [2.45, 2.75) is 25.4 Å². The molecule has 2 aromatic carbocycles. The maximum Gasteiger partial charge on any atom is 0.241 e. The van der Waals surface area contributed by atoms with Crippen LogP contribution in [-0.4, -0.2) is 49.9 Å². The number of carbonyl (C=O) groups excluding carboxylic acids is 1. The van der Waals surface area contributed by atoms with Crippen LogP contribution < -0.4 is 4.90 Å². The molecule has 0 saturated carbocycles. The molecule has 2 aromatic rings. The van der Waals surface area contributed by atoms with E-state index in [1.54, 1.807) is 4.90 Å². The van der Waals surface area contributed by atoms with Gasteiger partial charge in [-0.2, -0.15) is 0 Å². The largest absolute Gasteiger partial charge is 0.307 e. The summed E-state index contributed by atoms with van der Waals surface area (Å²) >= 11 is 0. The Morgan fingerprint density at radius 3 is 2.44 bits per heavy atom. The van der Waals surface area contributed by atoms with Crippen molar-refractivity contribution >= 4 is 21.4 Å². The van der Waals surface area contributed by atoms with Gasteiger partial charge in [0.2, 0.25) is 5.91 Å². The Labute approximate surface area is 160 Å². The van der Waals surface area contributed by atoms with Gasteiger partial charge in [-0.1, -0.05) is 42.5 Å². The lowest BCUT2D eigenvalue weighted by Gasteiger charge is -2.33. The molecule has 0 bridgehead atoms. The number of fused-ring (bicyclic) bond motifs is 1. The first-order valence-corrected chi connectivity index (χ1v) is 11.2. The highest BCUT2D eigenvalue weighted by Crippen LogP contribution is 2.25. The average Bonchev–Trinajstić information content (AvgIpc) is 3.02. The fourth-order valence-electron chi connectivity index (χ4n) is 4.08. The van der Waals surface area contributed by atoms with Crippen LogP contribution in [0, 0.1) is 0 Å². The van der Waals surface area contributed by atoms with Gasteiger partial charge in [0.15, 0.2) is 9.84 Å². The minimum absolute atomic E-state index is 0.0253. The molecule has 0 aliphatic carbocycles. The summed E-state index contributed by atoms with van der Waals surface area (Å²) in [6.45, 7) is 1.90. The van der Waals surface area contributed by atoms with E-state index in [1.165, 1.54) is 11.1 Å². The van der Waals surface area contributed by atoms with Crippen LogP contribution in [0.15, 0.2) is 54.6 Å². The van der Waals surface area contributed by atoms with Crippen LogP contribution in [0.1, 0.15) is 17.5 Å². The van der Waals surface area contributed by atoms with Crippen molar-refractivity contribution in [1.29, 1.82) is 0 Å². The van der Waals surface area contributed by atoms with Crippen molar-refractivity contribution in [3.8, 4) is 0 Å². The predicted octanol–water partition coefficient (Wildman–Crippen LogP) is 2.27. The summed E-state index contributed by atoms with van der Waals surface area (Å²) < 4.78 is 24.0. The molecule has 2 heterocycles. The quantitative estimate of drug-likeness (QED) is 0.811. The highest BCUT2D eigenvalue weighted by molar-refractivity contribution is 7.91. The van der Waals surface area contributed by atoms with E-state index in [-0.39, 0.29) is 23.5 Å². The zero-order valence-corrected chi connectivity index (χ0v) is 16.1. The second kappa shape index (κ2) is 7.44. The van der Waals surface area contributed by atoms with Crippen molar-refractivity contribution in [2.24, 2.45) is 0 Å². The number of carbonyl (C=O) groups is 1. The maximum absolute atomic E-state index is 13.2. The van der Waals surface area contributed by atoms with Gasteiger partial charge < -0.3 is 4.90 Å². The smallest absolute Gasteiger partial charge is 0.241 e. The molecule has 2 aliphatic heterocycles. The Bertz CT molecular complexity index is 927. The molecule has 2 aliphatic rings. The molecule has 1 atom stereocenters. The molecule has 27 heavy (non-hydrogen) atoms. The lowest BCUT2D eigenvalue weighted by molar-refractivity contribution is -0.120. The molecule has 1 fully saturated rings. The molecule has 0 radical (unpaired) electrons. The molecule has 1 amide bonds. The Kier molecular flexibility index (Phi) is 5.02. The number of anilines is 1. The Balaban J connectivity index is 1.53. The third-order valence-electron chi connectivity index (χ3n) is 5.45. The number of amides is 1. The minimum atomic E-state index is -3.06. The van der Waals surface area contributed by atoms with E-state index in [4.69, 9.17) is 0 Å². The topological polar surface area (TPSA) is 57.7 Å². The summed E-state index contributed by atoms with van der Waals surface area (Å²) in [6, 6.07) is 17.5. The van der Waals surface area contributed by atoms with Gasteiger partial charge in [-0.05, 0) is 36.1 Å². The fraction of sp³-hybridized carbons (Fsp3) is 0.381. The van der Waals surface area contributed by atoms with Crippen molar-refractivity contribution in [3.63, 3.8) is 0 Å². The lowest BCUT2D eigenvalue weighted by atomic mass is 10.00. The van der Waals surface area contributed by atoms with E-state index in [1.807, 2.05) is 36.4 Å². The second-order valence-corrected chi connectivity index (χ2v) is 9.61. The summed E-state index contributed by atoms with van der Waals surface area (Å²) in [4.78, 5) is 17.1. The van der Waals surface area contributed by atoms with Crippen LogP contribution in [0.25, 0.3) is 0 Å². The Hall–Kier alpha value is -2.18. The van der Waals surface area contributed by atoms with Crippen LogP contribution in [0.4, 0.5) is 5.69 Å². The predicted molar refractivity (Wildman–Crippen MR) is 106 cm³/mol. The number of rotatable bonds is 4. The van der Waals surface area contributed by atoms with Gasteiger partial charge in [0.1, 0.15) is 0 Å². The Morgan fingerprint density at radius 1 is 1.04 bits per heavy atom. The lowest BCUT2D eigenvalue weighted by Crippen LogP contribution is -2.47. The molecule has 142 valence electrons. The van der Waals surface area contributed by atoms with Crippen molar-refractivity contribution in [2.75, 3.05) is 29.5 Å². The third-order valence-corrected chi connectivity index (χ3v) is 7.20. The van der Waals surface area contributed by atoms with Gasteiger partial charge in [0.05, 0.1) is 24.1 Å². The van der Waals surface area contributed by atoms with E-state index in [0.717, 1.165) is 25.2 Å². The molecule has 6 heteroatoms. The summed E-state index contributed by atoms with van der Waals surface area (Å²) in [5, 5.41) is 0. The van der Waals surface area contributed by atoms with Crippen molar-refractivity contribution in [1.82, 2.24) is 4.90 Å². The first-order chi connectivity index (χ1) is 13.0. The summed E-state index contributed by atoms with van der Waals surface area (Å²) in [5.74, 6) is 0.185. The van der Waals surface area contributed by atoms with Crippen molar-refractivity contribution in [3.05, 3.63) is 65.7 Å². The maximum atomic E-state index is 13.2. The number of hydrogen-bond acceptors (Lipinski definition) is 4. The average molecular weight is 385 g/mol. The number of para-hydroxylation sites is 1. The molecule has 0 spiro atoms. The van der Waals surface area contributed by atoms with E-state index in [0.29, 0.717) is 13.0 Å². The molecule has 5 nitrogen and oxygen atoms in total. The van der Waals surface area contributed by atoms with E-state index >= 15 is 0 Å². The van der Waals surface area contributed by atoms with E-state index in [9.17, 15) is 13.2 Å². The van der Waals surface area contributed by atoms with Crippen LogP contribution >= 0.6 is 0 Å². The monoisotopic (exact) mass is 384 g/mol. The second-order valence-electron chi connectivity index (χ2n) is 7.39. The zero-order chi connectivity index (χ0) is 18.9. The molecule has 0 N–H and O–H groups in total. The molecule has 0 aromatic heterocycles. The third kappa shape index (κ3) is 4.06. The highest BCUT2D eigenvalue weighted by atomic mass is 32.2. The summed E-state index contributed by atoms with van der Waals surface area (Å²) in [7, 11) is -3.06. The van der Waals surface area contributed by atoms with Gasteiger partial charge in [0, 0.05) is 18.8 Å². The number of hydrogen-bond donors (Lipinski definition) is 0. The van der Waals surface area contributed by atoms with Crippen LogP contribution in [0.5, 0.6) is 0 Å². The van der Waals surface area contributed by atoms with Gasteiger partial charge in [-0.25, -0.2) is 8.42 Å². The molecular formula is C21H24N2O3S. The number of sulfone groups is 1. The Morgan fingerprint density at radius 2 is 1.74 bits per heavy atom. The first kappa shape index (κ1) is 18.2. The number of nitrogens with zero attached hydrogens (tertiary/aromatic N) is 2. The first-order valence-electron chi connectivity index (χ1n) is 9.38.